The maximum atomic E-state index is 12.8. The number of unbranched alkanes of at least 4 members (excludes halogenated alkanes) is 3. The Bertz CT molecular complexity index is 1000. The fraction of sp³-hybridized carbons (Fsp3) is 0.357. The van der Waals surface area contributed by atoms with Gasteiger partial charge in [0.25, 0.3) is 0 Å². The van der Waals surface area contributed by atoms with Gasteiger partial charge >= 0.3 is 0 Å². The Morgan fingerprint density at radius 2 is 1.56 bits per heavy atom. The lowest BCUT2D eigenvalue weighted by Gasteiger charge is -2.07. The van der Waals surface area contributed by atoms with E-state index in [-0.39, 0.29) is 0 Å². The molecule has 0 radical (unpaired) electrons. The summed E-state index contributed by atoms with van der Waals surface area (Å²) in [7, 11) is 0. The van der Waals surface area contributed by atoms with Crippen molar-refractivity contribution in [3.05, 3.63) is 66.5 Å². The number of aromatic nitrogens is 2. The van der Waals surface area contributed by atoms with Crippen LogP contribution in [-0.2, 0) is 0 Å². The minimum absolute atomic E-state index is 0.570. The largest absolute Gasteiger partial charge is 0.494 e. The van der Waals surface area contributed by atoms with E-state index in [0.29, 0.717) is 12.2 Å². The summed E-state index contributed by atoms with van der Waals surface area (Å²) in [6.45, 7) is 4.52. The second-order valence-corrected chi connectivity index (χ2v) is 7.93. The van der Waals surface area contributed by atoms with Crippen LogP contribution < -0.4 is 4.74 Å². The van der Waals surface area contributed by atoms with Crippen LogP contribution in [0, 0.1) is 11.8 Å². The van der Waals surface area contributed by atoms with Crippen LogP contribution in [0.1, 0.15) is 57.9 Å². The van der Waals surface area contributed by atoms with Gasteiger partial charge in [0.1, 0.15) is 5.75 Å². The van der Waals surface area contributed by atoms with Crippen LogP contribution in [0.15, 0.2) is 60.9 Å². The van der Waals surface area contributed by atoms with Crippen molar-refractivity contribution in [2.45, 2.75) is 58.5 Å². The third-order valence-electron chi connectivity index (χ3n) is 5.14. The molecule has 0 aliphatic heterocycles. The minimum atomic E-state index is -0.751. The number of alkyl halides is 1. The van der Waals surface area contributed by atoms with E-state index in [4.69, 9.17) is 4.74 Å². The molecule has 3 aromatic rings. The Hall–Kier alpha value is -3.19. The zero-order chi connectivity index (χ0) is 22.6. The van der Waals surface area contributed by atoms with Crippen LogP contribution >= 0.6 is 0 Å². The number of benzene rings is 2. The molecular formula is C28H31FN2O. The highest BCUT2D eigenvalue weighted by molar-refractivity contribution is 5.64. The van der Waals surface area contributed by atoms with Crippen molar-refractivity contribution in [3.8, 4) is 40.1 Å². The highest BCUT2D eigenvalue weighted by Crippen LogP contribution is 2.23. The van der Waals surface area contributed by atoms with Crippen molar-refractivity contribution in [1.29, 1.82) is 0 Å². The lowest BCUT2D eigenvalue weighted by molar-refractivity contribution is 0.306. The van der Waals surface area contributed by atoms with Gasteiger partial charge in [-0.3, -0.25) is 0 Å². The molecular weight excluding hydrogens is 399 g/mol. The highest BCUT2D eigenvalue weighted by Gasteiger charge is 2.04. The Morgan fingerprint density at radius 3 is 2.22 bits per heavy atom. The Kier molecular flexibility index (Phi) is 9.25. The van der Waals surface area contributed by atoms with E-state index < -0.39 is 6.17 Å². The monoisotopic (exact) mass is 430 g/mol. The number of hydrogen-bond acceptors (Lipinski definition) is 3. The smallest absolute Gasteiger partial charge is 0.159 e. The summed E-state index contributed by atoms with van der Waals surface area (Å²) in [6, 6.07) is 16.0. The molecule has 1 atom stereocenters. The van der Waals surface area contributed by atoms with Gasteiger partial charge in [0.15, 0.2) is 5.82 Å². The molecule has 0 saturated carbocycles. The first-order valence-corrected chi connectivity index (χ1v) is 11.4. The van der Waals surface area contributed by atoms with E-state index in [0.717, 1.165) is 53.9 Å². The second kappa shape index (κ2) is 12.6. The summed E-state index contributed by atoms with van der Waals surface area (Å²) in [6.07, 6.45) is 8.48. The zero-order valence-electron chi connectivity index (χ0n) is 19.0. The van der Waals surface area contributed by atoms with Gasteiger partial charge in [0.05, 0.1) is 12.8 Å². The van der Waals surface area contributed by atoms with Gasteiger partial charge in [-0.25, -0.2) is 14.4 Å². The quantitative estimate of drug-likeness (QED) is 0.251. The molecule has 2 aromatic carbocycles. The van der Waals surface area contributed by atoms with E-state index in [9.17, 15) is 4.39 Å². The molecule has 1 aromatic heterocycles. The Morgan fingerprint density at radius 1 is 0.875 bits per heavy atom. The fourth-order valence-corrected chi connectivity index (χ4v) is 3.25. The molecule has 1 heterocycles. The molecule has 0 saturated heterocycles. The standard InChI is InChI=1S/C28H31FN2O/c1-3-4-8-19-32-27-17-15-25(16-18-27)28-30-20-26(21-31-28)24-13-11-23(12-14-24)10-7-5-6-9-22(2)29/h11-18,20-22H,3-6,8-9,19H2,1-2H3. The van der Waals surface area contributed by atoms with E-state index in [1.165, 1.54) is 12.8 Å². The Balaban J connectivity index is 1.56. The molecule has 166 valence electrons. The number of nitrogens with zero attached hydrogens (tertiary/aromatic N) is 2. The average molecular weight is 431 g/mol. The van der Waals surface area contributed by atoms with Crippen molar-refractivity contribution in [3.63, 3.8) is 0 Å². The fourth-order valence-electron chi connectivity index (χ4n) is 3.25. The maximum Gasteiger partial charge on any atom is 0.159 e. The molecule has 0 fully saturated rings. The van der Waals surface area contributed by atoms with Gasteiger partial charge in [-0.1, -0.05) is 43.7 Å². The molecule has 0 aliphatic rings. The van der Waals surface area contributed by atoms with Crippen LogP contribution in [0.2, 0.25) is 0 Å². The summed E-state index contributed by atoms with van der Waals surface area (Å²) < 4.78 is 18.6. The van der Waals surface area contributed by atoms with Crippen molar-refractivity contribution in [2.24, 2.45) is 0 Å². The van der Waals surface area contributed by atoms with Crippen LogP contribution in [0.5, 0.6) is 5.75 Å². The van der Waals surface area contributed by atoms with E-state index in [1.807, 2.05) is 60.9 Å². The van der Waals surface area contributed by atoms with Gasteiger partial charge in [-0.05, 0) is 68.1 Å². The lowest BCUT2D eigenvalue weighted by Crippen LogP contribution is -1.97. The summed E-state index contributed by atoms with van der Waals surface area (Å²) >= 11 is 0. The third kappa shape index (κ3) is 7.50. The van der Waals surface area contributed by atoms with E-state index in [1.54, 1.807) is 6.92 Å². The molecule has 3 rings (SSSR count). The van der Waals surface area contributed by atoms with Crippen LogP contribution in [0.3, 0.4) is 0 Å². The SMILES string of the molecule is CCCCCOc1ccc(-c2ncc(-c3ccc(C#CCCCC(C)F)cc3)cn2)cc1. The maximum absolute atomic E-state index is 12.8. The van der Waals surface area contributed by atoms with Crippen molar-refractivity contribution in [2.75, 3.05) is 6.61 Å². The van der Waals surface area contributed by atoms with E-state index in [2.05, 4.69) is 28.7 Å². The van der Waals surface area contributed by atoms with Gasteiger partial charge < -0.3 is 4.74 Å². The predicted molar refractivity (Wildman–Crippen MR) is 129 cm³/mol. The number of ether oxygens (including phenoxy) is 1. The molecule has 0 N–H and O–H groups in total. The number of hydrogen-bond donors (Lipinski definition) is 0. The summed E-state index contributed by atoms with van der Waals surface area (Å²) in [4.78, 5) is 9.08. The second-order valence-electron chi connectivity index (χ2n) is 7.93. The van der Waals surface area contributed by atoms with Crippen molar-refractivity contribution < 1.29 is 9.13 Å². The molecule has 0 aliphatic carbocycles. The normalized spacial score (nSPS) is 11.5. The lowest BCUT2D eigenvalue weighted by atomic mass is 10.1. The number of rotatable bonds is 10. The average Bonchev–Trinajstić information content (AvgIpc) is 2.82. The van der Waals surface area contributed by atoms with Crippen LogP contribution in [0.25, 0.3) is 22.5 Å². The summed E-state index contributed by atoms with van der Waals surface area (Å²) in [5.41, 5.74) is 3.92. The minimum Gasteiger partial charge on any atom is -0.494 e. The molecule has 0 amide bonds. The van der Waals surface area contributed by atoms with Gasteiger partial charge in [-0.15, -0.1) is 0 Å². The zero-order valence-corrected chi connectivity index (χ0v) is 19.0. The first kappa shape index (κ1) is 23.5. The molecule has 32 heavy (non-hydrogen) atoms. The Labute approximate surface area is 191 Å². The number of halogens is 1. The van der Waals surface area contributed by atoms with Gasteiger partial charge in [0, 0.05) is 35.5 Å². The van der Waals surface area contributed by atoms with Crippen LogP contribution in [-0.4, -0.2) is 22.7 Å². The molecule has 3 nitrogen and oxygen atoms in total. The topological polar surface area (TPSA) is 35.0 Å². The first-order valence-electron chi connectivity index (χ1n) is 11.4. The predicted octanol–water partition coefficient (Wildman–Crippen LogP) is 7.26. The van der Waals surface area contributed by atoms with Gasteiger partial charge in [-0.2, -0.15) is 0 Å². The van der Waals surface area contributed by atoms with E-state index >= 15 is 0 Å². The van der Waals surface area contributed by atoms with Gasteiger partial charge in [0.2, 0.25) is 0 Å². The highest BCUT2D eigenvalue weighted by atomic mass is 19.1. The van der Waals surface area contributed by atoms with Crippen molar-refractivity contribution >= 4 is 0 Å². The third-order valence-corrected chi connectivity index (χ3v) is 5.14. The molecule has 0 bridgehead atoms. The molecule has 1 unspecified atom stereocenters. The first-order chi connectivity index (χ1) is 15.7. The summed E-state index contributed by atoms with van der Waals surface area (Å²) in [5.74, 6) is 7.82. The summed E-state index contributed by atoms with van der Waals surface area (Å²) in [5, 5.41) is 0. The molecule has 0 spiro atoms. The van der Waals surface area contributed by atoms with Crippen LogP contribution in [0.4, 0.5) is 4.39 Å². The molecule has 4 heteroatoms. The van der Waals surface area contributed by atoms with Crippen molar-refractivity contribution in [1.82, 2.24) is 9.97 Å².